The molecule has 1 aromatic heterocycles. The number of aromatic nitrogens is 1. The second kappa shape index (κ2) is 5.37. The SMILES string of the molecule is CC(=O)c1ccc2c(=O)n(C)c(OS(=O)(=O)C(F)(F)F)cc2c1. The van der Waals surface area contributed by atoms with Gasteiger partial charge in [-0.2, -0.15) is 21.6 Å². The van der Waals surface area contributed by atoms with E-state index < -0.39 is 27.1 Å². The average Bonchev–Trinajstić information content (AvgIpc) is 2.42. The Kier molecular flexibility index (Phi) is 3.97. The fraction of sp³-hybridized carbons (Fsp3) is 0.231. The van der Waals surface area contributed by atoms with Crippen molar-refractivity contribution in [3.05, 3.63) is 40.2 Å². The molecule has 23 heavy (non-hydrogen) atoms. The predicted molar refractivity (Wildman–Crippen MR) is 74.8 cm³/mol. The number of alkyl halides is 3. The van der Waals surface area contributed by atoms with Crippen LogP contribution >= 0.6 is 0 Å². The summed E-state index contributed by atoms with van der Waals surface area (Å²) in [5.41, 5.74) is -6.17. The Morgan fingerprint density at radius 1 is 1.22 bits per heavy atom. The number of benzene rings is 1. The fourth-order valence-electron chi connectivity index (χ4n) is 1.85. The average molecular weight is 349 g/mol. The number of halogens is 3. The lowest BCUT2D eigenvalue weighted by Crippen LogP contribution is -2.30. The molecule has 0 aliphatic carbocycles. The number of rotatable bonds is 3. The van der Waals surface area contributed by atoms with Crippen LogP contribution in [0.3, 0.4) is 0 Å². The van der Waals surface area contributed by atoms with E-state index in [1.54, 1.807) is 0 Å². The molecule has 0 aliphatic heterocycles. The van der Waals surface area contributed by atoms with Crippen molar-refractivity contribution in [3.63, 3.8) is 0 Å². The van der Waals surface area contributed by atoms with Crippen LogP contribution in [0.5, 0.6) is 5.88 Å². The molecule has 1 aromatic carbocycles. The van der Waals surface area contributed by atoms with E-state index >= 15 is 0 Å². The van der Waals surface area contributed by atoms with Gasteiger partial charge in [-0.1, -0.05) is 6.07 Å². The molecule has 124 valence electrons. The Bertz CT molecular complexity index is 960. The highest BCUT2D eigenvalue weighted by Gasteiger charge is 2.49. The molecule has 0 atom stereocenters. The lowest BCUT2D eigenvalue weighted by Gasteiger charge is -2.13. The number of carbonyl (C=O) groups is 1. The van der Waals surface area contributed by atoms with Crippen molar-refractivity contribution in [2.75, 3.05) is 0 Å². The van der Waals surface area contributed by atoms with Crippen molar-refractivity contribution in [2.45, 2.75) is 12.4 Å². The highest BCUT2D eigenvalue weighted by Crippen LogP contribution is 2.27. The minimum absolute atomic E-state index is 0.0909. The Morgan fingerprint density at radius 2 is 1.83 bits per heavy atom. The second-order valence-electron chi connectivity index (χ2n) is 4.69. The van der Waals surface area contributed by atoms with E-state index in [1.807, 2.05) is 0 Å². The van der Waals surface area contributed by atoms with Gasteiger partial charge in [0, 0.05) is 24.1 Å². The number of pyridine rings is 1. The Morgan fingerprint density at radius 3 is 2.35 bits per heavy atom. The number of hydrogen-bond acceptors (Lipinski definition) is 5. The van der Waals surface area contributed by atoms with E-state index in [0.29, 0.717) is 4.57 Å². The summed E-state index contributed by atoms with van der Waals surface area (Å²) in [4.78, 5) is 23.4. The summed E-state index contributed by atoms with van der Waals surface area (Å²) in [5.74, 6) is -1.13. The third kappa shape index (κ3) is 3.07. The van der Waals surface area contributed by atoms with Gasteiger partial charge in [0.1, 0.15) is 0 Å². The molecule has 2 rings (SSSR count). The molecule has 2 aromatic rings. The molecule has 0 unspecified atom stereocenters. The minimum Gasteiger partial charge on any atom is -0.357 e. The van der Waals surface area contributed by atoms with Crippen molar-refractivity contribution in [1.82, 2.24) is 4.57 Å². The first-order valence-corrected chi connectivity index (χ1v) is 7.50. The molecule has 0 fully saturated rings. The van der Waals surface area contributed by atoms with Crippen molar-refractivity contribution < 1.29 is 30.6 Å². The van der Waals surface area contributed by atoms with Gasteiger partial charge in [0.15, 0.2) is 5.78 Å². The highest BCUT2D eigenvalue weighted by molar-refractivity contribution is 7.87. The maximum absolute atomic E-state index is 12.4. The molecule has 0 spiro atoms. The third-order valence-electron chi connectivity index (χ3n) is 3.08. The van der Waals surface area contributed by atoms with Crippen LogP contribution in [0.1, 0.15) is 17.3 Å². The van der Waals surface area contributed by atoms with E-state index in [4.69, 9.17) is 0 Å². The van der Waals surface area contributed by atoms with Crippen LogP contribution in [0.2, 0.25) is 0 Å². The summed E-state index contributed by atoms with van der Waals surface area (Å²) in [7, 11) is -4.84. The van der Waals surface area contributed by atoms with Gasteiger partial charge in [-0.15, -0.1) is 0 Å². The first-order chi connectivity index (χ1) is 10.4. The molecule has 0 radical (unpaired) electrons. The van der Waals surface area contributed by atoms with E-state index in [-0.39, 0.29) is 22.1 Å². The van der Waals surface area contributed by atoms with E-state index in [9.17, 15) is 31.2 Å². The van der Waals surface area contributed by atoms with Crippen molar-refractivity contribution >= 4 is 26.7 Å². The smallest absolute Gasteiger partial charge is 0.357 e. The molecule has 6 nitrogen and oxygen atoms in total. The van der Waals surface area contributed by atoms with Gasteiger partial charge in [0.2, 0.25) is 5.88 Å². The molecule has 0 amide bonds. The van der Waals surface area contributed by atoms with Crippen LogP contribution in [-0.2, 0) is 17.2 Å². The van der Waals surface area contributed by atoms with E-state index in [2.05, 4.69) is 4.18 Å². The summed E-state index contributed by atoms with van der Waals surface area (Å²) in [6.07, 6.45) is 0. The Labute approximate surface area is 128 Å². The molecule has 0 N–H and O–H groups in total. The van der Waals surface area contributed by atoms with Crippen molar-refractivity contribution in [3.8, 4) is 5.88 Å². The zero-order valence-electron chi connectivity index (χ0n) is 11.8. The van der Waals surface area contributed by atoms with Gasteiger partial charge < -0.3 is 4.18 Å². The van der Waals surface area contributed by atoms with Gasteiger partial charge >= 0.3 is 15.6 Å². The van der Waals surface area contributed by atoms with Crippen LogP contribution in [0.25, 0.3) is 10.8 Å². The summed E-state index contributed by atoms with van der Waals surface area (Å²) in [6.45, 7) is 1.27. The maximum atomic E-state index is 12.4. The monoisotopic (exact) mass is 349 g/mol. The van der Waals surface area contributed by atoms with E-state index in [0.717, 1.165) is 13.1 Å². The van der Waals surface area contributed by atoms with Crippen LogP contribution in [0.4, 0.5) is 13.2 Å². The molecular formula is C13H10F3NO5S. The van der Waals surface area contributed by atoms with Crippen LogP contribution in [0, 0.1) is 0 Å². The van der Waals surface area contributed by atoms with Crippen molar-refractivity contribution in [1.29, 1.82) is 0 Å². The zero-order valence-corrected chi connectivity index (χ0v) is 12.7. The lowest BCUT2D eigenvalue weighted by atomic mass is 10.1. The zero-order chi connectivity index (χ0) is 17.6. The van der Waals surface area contributed by atoms with Gasteiger partial charge in [-0.3, -0.25) is 14.2 Å². The fourth-order valence-corrected chi connectivity index (χ4v) is 2.33. The number of carbonyl (C=O) groups excluding carboxylic acids is 1. The second-order valence-corrected chi connectivity index (χ2v) is 6.23. The van der Waals surface area contributed by atoms with Crippen LogP contribution < -0.4 is 9.74 Å². The minimum atomic E-state index is -5.91. The molecule has 0 saturated heterocycles. The number of Topliss-reactive ketones (excluding diaryl/α,β-unsaturated/α-hetero) is 1. The Balaban J connectivity index is 2.68. The first kappa shape index (κ1) is 17.0. The number of ketones is 1. The van der Waals surface area contributed by atoms with Crippen LogP contribution in [0.15, 0.2) is 29.1 Å². The summed E-state index contributed by atoms with van der Waals surface area (Å²) >= 11 is 0. The number of fused-ring (bicyclic) bond motifs is 1. The van der Waals surface area contributed by atoms with Gasteiger partial charge in [-0.25, -0.2) is 0 Å². The summed E-state index contributed by atoms with van der Waals surface area (Å²) in [5, 5.41) is 0.197. The maximum Gasteiger partial charge on any atom is 0.534 e. The number of nitrogens with zero attached hydrogens (tertiary/aromatic N) is 1. The normalized spacial score (nSPS) is 12.4. The van der Waals surface area contributed by atoms with Gasteiger partial charge in [-0.05, 0) is 24.4 Å². The van der Waals surface area contributed by atoms with E-state index in [1.165, 1.54) is 25.1 Å². The summed E-state index contributed by atoms with van der Waals surface area (Å²) < 4.78 is 64.0. The topological polar surface area (TPSA) is 82.4 Å². The summed E-state index contributed by atoms with van der Waals surface area (Å²) in [6, 6.07) is 4.94. The molecule has 10 heteroatoms. The standard InChI is InChI=1S/C13H10F3NO5S/c1-7(18)8-3-4-10-9(5-8)6-11(17(2)12(10)19)22-23(20,21)13(14,15)16/h3-6H,1-2H3. The molecule has 1 heterocycles. The quantitative estimate of drug-likeness (QED) is 0.481. The molecular weight excluding hydrogens is 339 g/mol. The number of hydrogen-bond donors (Lipinski definition) is 0. The molecule has 0 saturated carbocycles. The Hall–Kier alpha value is -2.36. The lowest BCUT2D eigenvalue weighted by molar-refractivity contribution is -0.0502. The van der Waals surface area contributed by atoms with Crippen molar-refractivity contribution in [2.24, 2.45) is 7.05 Å². The third-order valence-corrected chi connectivity index (χ3v) is 4.04. The van der Waals surface area contributed by atoms with Gasteiger partial charge in [0.25, 0.3) is 5.56 Å². The molecule has 0 aliphatic rings. The molecule has 0 bridgehead atoms. The van der Waals surface area contributed by atoms with Gasteiger partial charge in [0.05, 0.1) is 0 Å². The van der Waals surface area contributed by atoms with Crippen LogP contribution in [-0.4, -0.2) is 24.3 Å². The highest BCUT2D eigenvalue weighted by atomic mass is 32.2. The predicted octanol–water partition coefficient (Wildman–Crippen LogP) is 1.97. The largest absolute Gasteiger partial charge is 0.534 e. The first-order valence-electron chi connectivity index (χ1n) is 6.09.